The van der Waals surface area contributed by atoms with E-state index in [0.29, 0.717) is 63.8 Å². The summed E-state index contributed by atoms with van der Waals surface area (Å²) in [5, 5.41) is 10.2. The molecule has 1 saturated heterocycles. The Kier molecular flexibility index (Phi) is 9.22. The van der Waals surface area contributed by atoms with Gasteiger partial charge in [-0.25, -0.2) is 0 Å². The van der Waals surface area contributed by atoms with Crippen molar-refractivity contribution in [3.8, 4) is 0 Å². The van der Waals surface area contributed by atoms with Gasteiger partial charge >= 0.3 is 0 Å². The summed E-state index contributed by atoms with van der Waals surface area (Å²) in [5.41, 5.74) is -0.576. The molecule has 0 radical (unpaired) electrons. The average Bonchev–Trinajstić information content (AvgIpc) is 3.16. The maximum atomic E-state index is 12.7. The van der Waals surface area contributed by atoms with Gasteiger partial charge in [-0.2, -0.15) is 4.98 Å². The zero-order chi connectivity index (χ0) is 23.7. The Hall–Kier alpha value is -2.49. The van der Waals surface area contributed by atoms with E-state index in [4.69, 9.17) is 4.52 Å². The molecule has 1 aliphatic carbocycles. The molecule has 2 N–H and O–H groups in total. The van der Waals surface area contributed by atoms with Gasteiger partial charge in [0.05, 0.1) is 6.54 Å². The number of hydrogen-bond donors (Lipinski definition) is 2. The summed E-state index contributed by atoms with van der Waals surface area (Å²) in [7, 11) is 0. The lowest BCUT2D eigenvalue weighted by atomic mass is 9.89. The van der Waals surface area contributed by atoms with Gasteiger partial charge in [-0.05, 0) is 19.3 Å². The summed E-state index contributed by atoms with van der Waals surface area (Å²) in [5.74, 6) is 0.946. The lowest BCUT2D eigenvalue weighted by molar-refractivity contribution is -0.133. The summed E-state index contributed by atoms with van der Waals surface area (Å²) < 4.78 is 5.46. The van der Waals surface area contributed by atoms with Crippen molar-refractivity contribution in [3.63, 3.8) is 0 Å². The van der Waals surface area contributed by atoms with Crippen LogP contribution in [0.15, 0.2) is 4.52 Å². The van der Waals surface area contributed by atoms with Gasteiger partial charge in [0, 0.05) is 52.5 Å². The van der Waals surface area contributed by atoms with Crippen LogP contribution in [0, 0.1) is 0 Å². The molecule has 33 heavy (non-hydrogen) atoms. The molecule has 3 amide bonds. The molecule has 1 aromatic rings. The van der Waals surface area contributed by atoms with Crippen LogP contribution in [0.5, 0.6) is 0 Å². The van der Waals surface area contributed by atoms with E-state index in [1.165, 1.54) is 6.92 Å². The summed E-state index contributed by atoms with van der Waals surface area (Å²) in [4.78, 5) is 44.9. The standard InChI is InChI=1S/C23H38N6O4/c1-3-12-24-19(31)17-28-13-15-29(16-14-28)21(32)9-8-20-25-22(27-33-20)23(26-18(2)30)10-6-4-5-7-11-23/h3-17H2,1-2H3,(H,24,31)(H,26,30). The number of nitrogens with one attached hydrogen (secondary N) is 2. The monoisotopic (exact) mass is 462 g/mol. The fraction of sp³-hybridized carbons (Fsp3) is 0.783. The fourth-order valence-corrected chi connectivity index (χ4v) is 4.68. The van der Waals surface area contributed by atoms with Gasteiger partial charge in [-0.15, -0.1) is 0 Å². The van der Waals surface area contributed by atoms with E-state index in [0.717, 1.165) is 44.9 Å². The number of carbonyl (C=O) groups is 3. The first-order valence-corrected chi connectivity index (χ1v) is 12.3. The molecule has 0 bridgehead atoms. The molecule has 1 aromatic heterocycles. The summed E-state index contributed by atoms with van der Waals surface area (Å²) >= 11 is 0. The van der Waals surface area contributed by atoms with Gasteiger partial charge in [0.15, 0.2) is 5.82 Å². The highest BCUT2D eigenvalue weighted by Gasteiger charge is 2.38. The number of aryl methyl sites for hydroxylation is 1. The Morgan fingerprint density at radius 3 is 2.39 bits per heavy atom. The van der Waals surface area contributed by atoms with E-state index >= 15 is 0 Å². The van der Waals surface area contributed by atoms with Crippen molar-refractivity contribution in [2.45, 2.75) is 77.2 Å². The summed E-state index contributed by atoms with van der Waals surface area (Å²) in [6, 6.07) is 0. The molecule has 0 spiro atoms. The zero-order valence-corrected chi connectivity index (χ0v) is 20.0. The number of nitrogens with zero attached hydrogens (tertiary/aromatic N) is 4. The van der Waals surface area contributed by atoms with Crippen molar-refractivity contribution >= 4 is 17.7 Å². The molecule has 10 nitrogen and oxygen atoms in total. The predicted molar refractivity (Wildman–Crippen MR) is 122 cm³/mol. The Labute approximate surface area is 195 Å². The molecule has 1 aliphatic heterocycles. The smallest absolute Gasteiger partial charge is 0.234 e. The minimum atomic E-state index is -0.576. The van der Waals surface area contributed by atoms with Crippen molar-refractivity contribution in [1.82, 2.24) is 30.6 Å². The summed E-state index contributed by atoms with van der Waals surface area (Å²) in [6.45, 7) is 7.22. The average molecular weight is 463 g/mol. The van der Waals surface area contributed by atoms with Crippen LogP contribution in [0.25, 0.3) is 0 Å². The van der Waals surface area contributed by atoms with Crippen molar-refractivity contribution in [1.29, 1.82) is 0 Å². The van der Waals surface area contributed by atoms with Crippen LogP contribution in [-0.2, 0) is 26.3 Å². The van der Waals surface area contributed by atoms with Gasteiger partial charge in [0.25, 0.3) is 0 Å². The minimum absolute atomic E-state index is 0.0366. The highest BCUT2D eigenvalue weighted by molar-refractivity contribution is 5.78. The second-order valence-corrected chi connectivity index (χ2v) is 9.20. The predicted octanol–water partition coefficient (Wildman–Crippen LogP) is 1.36. The minimum Gasteiger partial charge on any atom is -0.355 e. The zero-order valence-electron chi connectivity index (χ0n) is 20.0. The highest BCUT2D eigenvalue weighted by atomic mass is 16.5. The molecular formula is C23H38N6O4. The molecular weight excluding hydrogens is 424 g/mol. The van der Waals surface area contributed by atoms with Gasteiger partial charge in [-0.1, -0.05) is 37.8 Å². The molecule has 3 rings (SSSR count). The van der Waals surface area contributed by atoms with E-state index in [-0.39, 0.29) is 17.7 Å². The first-order chi connectivity index (χ1) is 15.9. The third-order valence-corrected chi connectivity index (χ3v) is 6.49. The third-order valence-electron chi connectivity index (χ3n) is 6.49. The van der Waals surface area contributed by atoms with Crippen LogP contribution in [0.1, 0.15) is 76.9 Å². The second-order valence-electron chi connectivity index (χ2n) is 9.20. The van der Waals surface area contributed by atoms with Crippen molar-refractivity contribution in [3.05, 3.63) is 11.7 Å². The van der Waals surface area contributed by atoms with E-state index in [1.54, 1.807) is 0 Å². The van der Waals surface area contributed by atoms with Crippen molar-refractivity contribution < 1.29 is 18.9 Å². The Morgan fingerprint density at radius 2 is 1.76 bits per heavy atom. The van der Waals surface area contributed by atoms with Crippen LogP contribution in [-0.4, -0.2) is 76.9 Å². The van der Waals surface area contributed by atoms with Crippen LogP contribution < -0.4 is 10.6 Å². The number of rotatable bonds is 9. The molecule has 0 unspecified atom stereocenters. The van der Waals surface area contributed by atoms with Gasteiger partial charge < -0.3 is 20.1 Å². The van der Waals surface area contributed by atoms with Crippen LogP contribution in [0.3, 0.4) is 0 Å². The molecule has 1 saturated carbocycles. The van der Waals surface area contributed by atoms with E-state index in [1.807, 2.05) is 11.8 Å². The largest absolute Gasteiger partial charge is 0.355 e. The normalized spacial score (nSPS) is 19.0. The first-order valence-electron chi connectivity index (χ1n) is 12.3. The number of piperazine rings is 1. The highest BCUT2D eigenvalue weighted by Crippen LogP contribution is 2.34. The van der Waals surface area contributed by atoms with Crippen molar-refractivity contribution in [2.24, 2.45) is 0 Å². The number of hydrogen-bond acceptors (Lipinski definition) is 7. The molecule has 2 fully saturated rings. The van der Waals surface area contributed by atoms with E-state index in [9.17, 15) is 14.4 Å². The SMILES string of the molecule is CCCNC(=O)CN1CCN(C(=O)CCc2nc(C3(NC(C)=O)CCCCCC3)no2)CC1. The molecule has 0 atom stereocenters. The molecule has 2 heterocycles. The van der Waals surface area contributed by atoms with Crippen LogP contribution in [0.2, 0.25) is 0 Å². The van der Waals surface area contributed by atoms with Crippen LogP contribution in [0.4, 0.5) is 0 Å². The number of aromatic nitrogens is 2. The Bertz CT molecular complexity index is 795. The fourth-order valence-electron chi connectivity index (χ4n) is 4.68. The quantitative estimate of drug-likeness (QED) is 0.532. The first kappa shape index (κ1) is 25.1. The van der Waals surface area contributed by atoms with E-state index in [2.05, 4.69) is 25.7 Å². The van der Waals surface area contributed by atoms with Crippen molar-refractivity contribution in [2.75, 3.05) is 39.3 Å². The maximum Gasteiger partial charge on any atom is 0.234 e. The summed E-state index contributed by atoms with van der Waals surface area (Å²) in [6.07, 6.45) is 7.48. The maximum absolute atomic E-state index is 12.7. The molecule has 0 aromatic carbocycles. The lowest BCUT2D eigenvalue weighted by Gasteiger charge is -2.34. The van der Waals surface area contributed by atoms with Gasteiger partial charge in [0.2, 0.25) is 23.6 Å². The van der Waals surface area contributed by atoms with Gasteiger partial charge in [-0.3, -0.25) is 19.3 Å². The molecule has 2 aliphatic rings. The number of carbonyl (C=O) groups excluding carboxylic acids is 3. The number of amides is 3. The second kappa shape index (κ2) is 12.1. The Morgan fingerprint density at radius 1 is 1.06 bits per heavy atom. The molecule has 184 valence electrons. The topological polar surface area (TPSA) is 121 Å². The van der Waals surface area contributed by atoms with Gasteiger partial charge in [0.1, 0.15) is 5.54 Å². The Balaban J connectivity index is 1.48. The van der Waals surface area contributed by atoms with Crippen LogP contribution >= 0.6 is 0 Å². The molecule has 10 heteroatoms. The van der Waals surface area contributed by atoms with E-state index < -0.39 is 5.54 Å². The third kappa shape index (κ3) is 7.25. The lowest BCUT2D eigenvalue weighted by Crippen LogP contribution is -2.51.